The van der Waals surface area contributed by atoms with Gasteiger partial charge in [0.05, 0.1) is 0 Å². The summed E-state index contributed by atoms with van der Waals surface area (Å²) >= 11 is 0. The van der Waals surface area contributed by atoms with Crippen molar-refractivity contribution >= 4 is 6.09 Å². The fraction of sp³-hybridized carbons (Fsp3) is 0.667. The first kappa shape index (κ1) is 11.5. The van der Waals surface area contributed by atoms with Crippen LogP contribution < -0.4 is 5.32 Å². The minimum absolute atomic E-state index is 0.348. The van der Waals surface area contributed by atoms with E-state index in [0.717, 1.165) is 0 Å². The lowest BCUT2D eigenvalue weighted by Gasteiger charge is -2.20. The number of aromatic nitrogens is 2. The number of nitrogens with zero attached hydrogens (tertiary/aromatic N) is 2. The maximum Gasteiger partial charge on any atom is 0.408 e. The number of rotatable bonds is 2. The Bertz CT molecular complexity index is 316. The zero-order chi connectivity index (χ0) is 11.5. The van der Waals surface area contributed by atoms with Gasteiger partial charge in [0, 0.05) is 0 Å². The Labute approximate surface area is 88.0 Å². The maximum atomic E-state index is 11.3. The number of hydrogen-bond donors (Lipinski definition) is 1. The predicted octanol–water partition coefficient (Wildman–Crippen LogP) is 1.66. The highest BCUT2D eigenvalue weighted by Crippen LogP contribution is 2.11. The summed E-state index contributed by atoms with van der Waals surface area (Å²) in [6.45, 7) is 7.12. The molecule has 0 aliphatic carbocycles. The Morgan fingerprint density at radius 1 is 1.60 bits per heavy atom. The fourth-order valence-electron chi connectivity index (χ4n) is 0.916. The van der Waals surface area contributed by atoms with Crippen molar-refractivity contribution in [2.24, 2.45) is 0 Å². The van der Waals surface area contributed by atoms with Crippen LogP contribution in [0.25, 0.3) is 0 Å². The number of hydrogen-bond acceptors (Lipinski definition) is 5. The summed E-state index contributed by atoms with van der Waals surface area (Å²) in [7, 11) is 0. The molecule has 1 rings (SSSR count). The van der Waals surface area contributed by atoms with Crippen molar-refractivity contribution in [2.75, 3.05) is 0 Å². The molecule has 1 aromatic rings. The van der Waals surface area contributed by atoms with E-state index in [-0.39, 0.29) is 6.04 Å². The highest BCUT2D eigenvalue weighted by Gasteiger charge is 2.19. The van der Waals surface area contributed by atoms with Gasteiger partial charge in [-0.3, -0.25) is 0 Å². The summed E-state index contributed by atoms with van der Waals surface area (Å²) in [5, 5.41) is 9.78. The van der Waals surface area contributed by atoms with Crippen LogP contribution in [-0.2, 0) is 4.74 Å². The highest BCUT2D eigenvalue weighted by atomic mass is 16.6. The molecule has 0 fully saturated rings. The smallest absolute Gasteiger partial charge is 0.408 e. The molecular weight excluding hydrogens is 198 g/mol. The molecule has 6 nitrogen and oxygen atoms in total. The molecule has 0 radical (unpaired) electrons. The van der Waals surface area contributed by atoms with Crippen LogP contribution in [0.5, 0.6) is 0 Å². The molecule has 84 valence electrons. The first-order chi connectivity index (χ1) is 6.88. The van der Waals surface area contributed by atoms with E-state index in [0.29, 0.717) is 5.89 Å². The molecule has 0 saturated carbocycles. The van der Waals surface area contributed by atoms with Crippen molar-refractivity contribution < 1.29 is 13.9 Å². The normalized spacial score (nSPS) is 13.3. The van der Waals surface area contributed by atoms with Gasteiger partial charge in [-0.2, -0.15) is 0 Å². The largest absolute Gasteiger partial charge is 0.444 e. The lowest BCUT2D eigenvalue weighted by molar-refractivity contribution is 0.0501. The number of ether oxygens (including phenoxy) is 1. The molecule has 0 aliphatic heterocycles. The molecule has 1 atom stereocenters. The van der Waals surface area contributed by atoms with Crippen LogP contribution >= 0.6 is 0 Å². The minimum atomic E-state index is -0.515. The Balaban J connectivity index is 2.45. The summed E-state index contributed by atoms with van der Waals surface area (Å²) < 4.78 is 10.0. The molecule has 1 amide bonds. The predicted molar refractivity (Wildman–Crippen MR) is 52.1 cm³/mol. The number of nitrogens with one attached hydrogen (secondary N) is 1. The van der Waals surface area contributed by atoms with Gasteiger partial charge in [-0.1, -0.05) is 0 Å². The van der Waals surface area contributed by atoms with Gasteiger partial charge in [-0.05, 0) is 27.7 Å². The second-order valence-electron chi connectivity index (χ2n) is 4.14. The van der Waals surface area contributed by atoms with E-state index in [1.807, 2.05) is 0 Å². The molecule has 0 unspecified atom stereocenters. The average molecular weight is 213 g/mol. The maximum absolute atomic E-state index is 11.3. The van der Waals surface area contributed by atoms with Gasteiger partial charge in [-0.25, -0.2) is 4.79 Å². The van der Waals surface area contributed by atoms with E-state index < -0.39 is 11.7 Å². The summed E-state index contributed by atoms with van der Waals surface area (Å²) in [5.74, 6) is 0.348. The minimum Gasteiger partial charge on any atom is -0.444 e. The van der Waals surface area contributed by atoms with E-state index in [4.69, 9.17) is 9.15 Å². The highest BCUT2D eigenvalue weighted by molar-refractivity contribution is 5.68. The van der Waals surface area contributed by atoms with Crippen LogP contribution in [0.15, 0.2) is 10.8 Å². The fourth-order valence-corrected chi connectivity index (χ4v) is 0.916. The molecule has 0 spiro atoms. The van der Waals surface area contributed by atoms with Crippen LogP contribution in [0.4, 0.5) is 4.79 Å². The van der Waals surface area contributed by atoms with E-state index in [1.165, 1.54) is 6.39 Å². The second kappa shape index (κ2) is 4.29. The third-order valence-electron chi connectivity index (χ3n) is 1.48. The van der Waals surface area contributed by atoms with Crippen molar-refractivity contribution in [2.45, 2.75) is 39.3 Å². The molecular formula is C9H15N3O3. The standard InChI is InChI=1S/C9H15N3O3/c1-6(7-12-10-5-14-7)11-8(13)15-9(2,3)4/h5-6H,1-4H3,(H,11,13)/t6-/m0/s1. The number of amides is 1. The molecule has 0 bridgehead atoms. The average Bonchev–Trinajstić information content (AvgIpc) is 2.50. The summed E-state index contributed by atoms with van der Waals surface area (Å²) in [6.07, 6.45) is 0.705. The second-order valence-corrected chi connectivity index (χ2v) is 4.14. The Hall–Kier alpha value is -1.59. The number of alkyl carbamates (subject to hydrolysis) is 1. The monoisotopic (exact) mass is 213 g/mol. The summed E-state index contributed by atoms with van der Waals surface area (Å²) in [5.41, 5.74) is -0.515. The van der Waals surface area contributed by atoms with Crippen LogP contribution in [-0.4, -0.2) is 21.9 Å². The third-order valence-corrected chi connectivity index (χ3v) is 1.48. The van der Waals surface area contributed by atoms with Gasteiger partial charge in [-0.15, -0.1) is 10.2 Å². The molecule has 15 heavy (non-hydrogen) atoms. The number of carbonyl (C=O) groups is 1. The van der Waals surface area contributed by atoms with Crippen LogP contribution in [0, 0.1) is 0 Å². The quantitative estimate of drug-likeness (QED) is 0.808. The first-order valence-corrected chi connectivity index (χ1v) is 4.64. The van der Waals surface area contributed by atoms with Crippen LogP contribution in [0.1, 0.15) is 39.6 Å². The van der Waals surface area contributed by atoms with Gasteiger partial charge in [0.15, 0.2) is 0 Å². The Kier molecular flexibility index (Phi) is 3.28. The molecule has 1 aromatic heterocycles. The Morgan fingerprint density at radius 2 is 2.27 bits per heavy atom. The summed E-state index contributed by atoms with van der Waals surface area (Å²) in [6, 6.07) is -0.359. The van der Waals surface area contributed by atoms with Crippen molar-refractivity contribution in [3.63, 3.8) is 0 Å². The number of carbonyl (C=O) groups excluding carboxylic acids is 1. The van der Waals surface area contributed by atoms with Crippen molar-refractivity contribution in [1.29, 1.82) is 0 Å². The third kappa shape index (κ3) is 3.97. The Morgan fingerprint density at radius 3 is 2.73 bits per heavy atom. The van der Waals surface area contributed by atoms with Crippen molar-refractivity contribution in [1.82, 2.24) is 15.5 Å². The van der Waals surface area contributed by atoms with Gasteiger partial charge >= 0.3 is 6.09 Å². The molecule has 0 aromatic carbocycles. The van der Waals surface area contributed by atoms with Crippen LogP contribution in [0.3, 0.4) is 0 Å². The van der Waals surface area contributed by atoms with Crippen molar-refractivity contribution in [3.8, 4) is 0 Å². The molecule has 1 N–H and O–H groups in total. The molecule has 0 aliphatic rings. The topological polar surface area (TPSA) is 77.2 Å². The van der Waals surface area contributed by atoms with E-state index in [9.17, 15) is 4.79 Å². The van der Waals surface area contributed by atoms with Gasteiger partial charge in [0.2, 0.25) is 12.3 Å². The molecule has 6 heteroatoms. The zero-order valence-electron chi connectivity index (χ0n) is 9.27. The molecule has 1 heterocycles. The lowest BCUT2D eigenvalue weighted by Crippen LogP contribution is -2.34. The van der Waals surface area contributed by atoms with E-state index in [1.54, 1.807) is 27.7 Å². The lowest BCUT2D eigenvalue weighted by atomic mass is 10.2. The van der Waals surface area contributed by atoms with Gasteiger partial charge in [0.25, 0.3) is 0 Å². The van der Waals surface area contributed by atoms with Crippen molar-refractivity contribution in [3.05, 3.63) is 12.3 Å². The molecule has 0 saturated heterocycles. The van der Waals surface area contributed by atoms with Gasteiger partial charge < -0.3 is 14.5 Å². The summed E-state index contributed by atoms with van der Waals surface area (Å²) in [4.78, 5) is 11.3. The van der Waals surface area contributed by atoms with Crippen LogP contribution in [0.2, 0.25) is 0 Å². The van der Waals surface area contributed by atoms with E-state index >= 15 is 0 Å². The van der Waals surface area contributed by atoms with Gasteiger partial charge in [0.1, 0.15) is 11.6 Å². The first-order valence-electron chi connectivity index (χ1n) is 4.64. The van der Waals surface area contributed by atoms with E-state index in [2.05, 4.69) is 15.5 Å². The zero-order valence-corrected chi connectivity index (χ0v) is 9.27. The SMILES string of the molecule is C[C@H](NC(=O)OC(C)(C)C)c1nnco1.